The highest BCUT2D eigenvalue weighted by Gasteiger charge is 2.15. The molecule has 0 aliphatic heterocycles. The van der Waals surface area contributed by atoms with Gasteiger partial charge in [0, 0.05) is 18.8 Å². The van der Waals surface area contributed by atoms with Gasteiger partial charge in [-0.25, -0.2) is 0 Å². The zero-order valence-electron chi connectivity index (χ0n) is 12.1. The summed E-state index contributed by atoms with van der Waals surface area (Å²) < 4.78 is 0. The molecular formula is C15H22N2O2. The van der Waals surface area contributed by atoms with Crippen molar-refractivity contribution < 1.29 is 9.59 Å². The number of hydrogen-bond acceptors (Lipinski definition) is 2. The predicted molar refractivity (Wildman–Crippen MR) is 77.1 cm³/mol. The summed E-state index contributed by atoms with van der Waals surface area (Å²) in [6, 6.07) is 5.81. The van der Waals surface area contributed by atoms with Crippen LogP contribution in [0.15, 0.2) is 18.2 Å². The summed E-state index contributed by atoms with van der Waals surface area (Å²) in [5.41, 5.74) is 2.92. The van der Waals surface area contributed by atoms with Crippen LogP contribution >= 0.6 is 0 Å². The first kappa shape index (κ1) is 15.2. The Morgan fingerprint density at radius 1 is 1.16 bits per heavy atom. The lowest BCUT2D eigenvalue weighted by atomic mass is 10.1. The highest BCUT2D eigenvalue weighted by Crippen LogP contribution is 2.16. The molecule has 1 aromatic rings. The van der Waals surface area contributed by atoms with E-state index in [1.54, 1.807) is 4.90 Å². The zero-order valence-corrected chi connectivity index (χ0v) is 12.1. The Morgan fingerprint density at radius 2 is 1.79 bits per heavy atom. The van der Waals surface area contributed by atoms with Gasteiger partial charge in [-0.2, -0.15) is 0 Å². The summed E-state index contributed by atoms with van der Waals surface area (Å²) in [6.45, 7) is 9.02. The van der Waals surface area contributed by atoms with Crippen LogP contribution in [0.5, 0.6) is 0 Å². The Bertz CT molecular complexity index is 465. The molecule has 1 rings (SSSR count). The van der Waals surface area contributed by atoms with Gasteiger partial charge in [0.15, 0.2) is 0 Å². The number of carbonyl (C=O) groups is 2. The molecule has 2 amide bonds. The van der Waals surface area contributed by atoms with E-state index in [1.807, 2.05) is 45.9 Å². The molecule has 0 atom stereocenters. The Labute approximate surface area is 114 Å². The normalized spacial score (nSPS) is 10.1. The van der Waals surface area contributed by atoms with Gasteiger partial charge in [-0.3, -0.25) is 9.59 Å². The van der Waals surface area contributed by atoms with Crippen molar-refractivity contribution in [3.63, 3.8) is 0 Å². The number of nitrogens with zero attached hydrogens (tertiary/aromatic N) is 1. The highest BCUT2D eigenvalue weighted by molar-refractivity contribution is 6.03. The van der Waals surface area contributed by atoms with Crippen molar-refractivity contribution in [2.45, 2.75) is 34.1 Å². The largest absolute Gasteiger partial charge is 0.343 e. The van der Waals surface area contributed by atoms with Crippen LogP contribution in [0.2, 0.25) is 0 Å². The van der Waals surface area contributed by atoms with Crippen LogP contribution in [-0.2, 0) is 9.59 Å². The van der Waals surface area contributed by atoms with E-state index in [0.29, 0.717) is 13.1 Å². The van der Waals surface area contributed by atoms with Crippen LogP contribution in [0.4, 0.5) is 5.69 Å². The van der Waals surface area contributed by atoms with E-state index in [0.717, 1.165) is 16.8 Å². The first-order valence-corrected chi connectivity index (χ1v) is 6.62. The van der Waals surface area contributed by atoms with Crippen molar-refractivity contribution in [1.29, 1.82) is 0 Å². The van der Waals surface area contributed by atoms with Crippen LogP contribution in [0.3, 0.4) is 0 Å². The minimum absolute atomic E-state index is 0.102. The molecule has 0 saturated heterocycles. The minimum atomic E-state index is -0.260. The summed E-state index contributed by atoms with van der Waals surface area (Å²) in [5, 5.41) is 2.78. The van der Waals surface area contributed by atoms with Gasteiger partial charge in [0.05, 0.1) is 0 Å². The zero-order chi connectivity index (χ0) is 14.4. The third-order valence-corrected chi connectivity index (χ3v) is 3.08. The van der Waals surface area contributed by atoms with E-state index in [9.17, 15) is 9.59 Å². The summed E-state index contributed by atoms with van der Waals surface area (Å²) in [7, 11) is 0. The number of carbonyl (C=O) groups excluding carboxylic acids is 2. The fourth-order valence-corrected chi connectivity index (χ4v) is 1.97. The van der Waals surface area contributed by atoms with Gasteiger partial charge in [-0.1, -0.05) is 17.7 Å². The Morgan fingerprint density at radius 3 is 2.32 bits per heavy atom. The van der Waals surface area contributed by atoms with Gasteiger partial charge in [0.1, 0.15) is 6.42 Å². The van der Waals surface area contributed by atoms with Crippen molar-refractivity contribution in [1.82, 2.24) is 4.90 Å². The van der Waals surface area contributed by atoms with Crippen LogP contribution in [0.25, 0.3) is 0 Å². The molecule has 0 radical (unpaired) electrons. The maximum atomic E-state index is 11.8. The van der Waals surface area contributed by atoms with E-state index in [-0.39, 0.29) is 18.2 Å². The molecule has 19 heavy (non-hydrogen) atoms. The van der Waals surface area contributed by atoms with Gasteiger partial charge in [-0.05, 0) is 39.3 Å². The number of benzene rings is 1. The van der Waals surface area contributed by atoms with E-state index < -0.39 is 0 Å². The molecule has 0 saturated carbocycles. The van der Waals surface area contributed by atoms with Crippen molar-refractivity contribution in [3.05, 3.63) is 29.3 Å². The van der Waals surface area contributed by atoms with E-state index >= 15 is 0 Å². The van der Waals surface area contributed by atoms with Crippen molar-refractivity contribution in [2.75, 3.05) is 18.4 Å². The molecule has 1 aromatic carbocycles. The maximum Gasteiger partial charge on any atom is 0.233 e. The lowest BCUT2D eigenvalue weighted by molar-refractivity contribution is -0.134. The molecule has 0 heterocycles. The third-order valence-electron chi connectivity index (χ3n) is 3.08. The minimum Gasteiger partial charge on any atom is -0.343 e. The summed E-state index contributed by atoms with van der Waals surface area (Å²) >= 11 is 0. The molecule has 4 nitrogen and oxygen atoms in total. The Kier molecular flexibility index (Phi) is 5.55. The van der Waals surface area contributed by atoms with Gasteiger partial charge in [0.25, 0.3) is 0 Å². The van der Waals surface area contributed by atoms with Crippen LogP contribution in [0.1, 0.15) is 31.4 Å². The van der Waals surface area contributed by atoms with Crippen molar-refractivity contribution in [3.8, 4) is 0 Å². The second-order valence-electron chi connectivity index (χ2n) is 4.61. The topological polar surface area (TPSA) is 49.4 Å². The quantitative estimate of drug-likeness (QED) is 0.829. The molecule has 4 heteroatoms. The van der Waals surface area contributed by atoms with Crippen molar-refractivity contribution >= 4 is 17.5 Å². The summed E-state index contributed by atoms with van der Waals surface area (Å²) in [4.78, 5) is 25.3. The van der Waals surface area contributed by atoms with Gasteiger partial charge in [0.2, 0.25) is 11.8 Å². The average molecular weight is 262 g/mol. The number of aryl methyl sites for hydroxylation is 2. The monoisotopic (exact) mass is 262 g/mol. The molecule has 0 aromatic heterocycles. The van der Waals surface area contributed by atoms with Crippen LogP contribution in [-0.4, -0.2) is 29.8 Å². The standard InChI is InChI=1S/C15H22N2O2/c1-5-17(6-2)15(19)10-14(18)16-13-8-7-11(3)9-12(13)4/h7-9H,5-6,10H2,1-4H3,(H,16,18). The van der Waals surface area contributed by atoms with Gasteiger partial charge in [-0.15, -0.1) is 0 Å². The van der Waals surface area contributed by atoms with Crippen LogP contribution in [0, 0.1) is 13.8 Å². The Hall–Kier alpha value is -1.84. The number of hydrogen-bond donors (Lipinski definition) is 1. The van der Waals surface area contributed by atoms with Gasteiger partial charge < -0.3 is 10.2 Å². The second kappa shape index (κ2) is 6.92. The Balaban J connectivity index is 2.63. The first-order valence-electron chi connectivity index (χ1n) is 6.62. The first-order chi connectivity index (χ1) is 8.97. The summed E-state index contributed by atoms with van der Waals surface area (Å²) in [6.07, 6.45) is -0.102. The third kappa shape index (κ3) is 4.39. The number of amides is 2. The molecule has 0 aliphatic carbocycles. The van der Waals surface area contributed by atoms with Gasteiger partial charge >= 0.3 is 0 Å². The summed E-state index contributed by atoms with van der Waals surface area (Å²) in [5.74, 6) is -0.392. The number of rotatable bonds is 5. The molecule has 104 valence electrons. The SMILES string of the molecule is CCN(CC)C(=O)CC(=O)Nc1ccc(C)cc1C. The predicted octanol–water partition coefficient (Wildman–Crippen LogP) is 2.50. The van der Waals surface area contributed by atoms with Crippen molar-refractivity contribution in [2.24, 2.45) is 0 Å². The van der Waals surface area contributed by atoms with E-state index in [2.05, 4.69) is 5.32 Å². The molecular weight excluding hydrogens is 240 g/mol. The second-order valence-corrected chi connectivity index (χ2v) is 4.61. The average Bonchev–Trinajstić information content (AvgIpc) is 2.34. The fourth-order valence-electron chi connectivity index (χ4n) is 1.97. The molecule has 0 bridgehead atoms. The lowest BCUT2D eigenvalue weighted by Crippen LogP contribution is -2.33. The highest BCUT2D eigenvalue weighted by atomic mass is 16.2. The van der Waals surface area contributed by atoms with Crippen LogP contribution < -0.4 is 5.32 Å². The lowest BCUT2D eigenvalue weighted by Gasteiger charge is -2.18. The molecule has 0 unspecified atom stereocenters. The number of anilines is 1. The molecule has 1 N–H and O–H groups in total. The number of nitrogens with one attached hydrogen (secondary N) is 1. The molecule has 0 spiro atoms. The fraction of sp³-hybridized carbons (Fsp3) is 0.467. The molecule has 0 fully saturated rings. The van der Waals surface area contributed by atoms with E-state index in [4.69, 9.17) is 0 Å². The maximum absolute atomic E-state index is 11.8. The smallest absolute Gasteiger partial charge is 0.233 e. The molecule has 0 aliphatic rings. The van der Waals surface area contributed by atoms with E-state index in [1.165, 1.54) is 0 Å².